The second-order valence-corrected chi connectivity index (χ2v) is 4.95. The van der Waals surface area contributed by atoms with Gasteiger partial charge in [-0.25, -0.2) is 9.59 Å². The number of carboxylic acid groups (broad SMARTS) is 1. The fraction of sp³-hybridized carbons (Fsp3) is 0.429. The molecule has 0 aliphatic carbocycles. The zero-order valence-electron chi connectivity index (χ0n) is 11.7. The maximum absolute atomic E-state index is 11.8. The van der Waals surface area contributed by atoms with E-state index >= 15 is 0 Å². The lowest BCUT2D eigenvalue weighted by molar-refractivity contribution is -0.143. The third kappa shape index (κ3) is 3.98. The van der Waals surface area contributed by atoms with Crippen LogP contribution >= 0.6 is 0 Å². The molecule has 0 spiro atoms. The quantitative estimate of drug-likeness (QED) is 0.782. The van der Waals surface area contributed by atoms with E-state index in [0.717, 1.165) is 11.1 Å². The average Bonchev–Trinajstić information content (AvgIpc) is 2.26. The molecule has 0 saturated heterocycles. The zero-order chi connectivity index (χ0) is 14.6. The Morgan fingerprint density at radius 1 is 1.21 bits per heavy atom. The smallest absolute Gasteiger partial charge is 0.329 e. The zero-order valence-corrected chi connectivity index (χ0v) is 11.7. The van der Waals surface area contributed by atoms with Crippen LogP contribution < -0.4 is 10.6 Å². The molecule has 1 unspecified atom stereocenters. The van der Waals surface area contributed by atoms with Crippen LogP contribution in [0, 0.1) is 13.8 Å². The summed E-state index contributed by atoms with van der Waals surface area (Å²) in [6, 6.07) is 5.14. The number of hydrogen-bond donors (Lipinski definition) is 3. The molecule has 1 aromatic carbocycles. The Kier molecular flexibility index (Phi) is 4.53. The number of carboxylic acids is 1. The minimum absolute atomic E-state index is 0.308. The molecule has 104 valence electrons. The highest BCUT2D eigenvalue weighted by Crippen LogP contribution is 2.15. The molecule has 0 saturated carbocycles. The van der Waals surface area contributed by atoms with E-state index in [2.05, 4.69) is 10.6 Å². The van der Waals surface area contributed by atoms with Crippen molar-refractivity contribution in [3.63, 3.8) is 0 Å². The Bertz CT molecular complexity index is 479. The molecule has 2 amide bonds. The number of amides is 2. The molecular formula is C14H20N2O3. The average molecular weight is 264 g/mol. The summed E-state index contributed by atoms with van der Waals surface area (Å²) in [6.45, 7) is 7.06. The lowest BCUT2D eigenvalue weighted by Gasteiger charge is -2.24. The molecule has 0 radical (unpaired) electrons. The summed E-state index contributed by atoms with van der Waals surface area (Å²) in [4.78, 5) is 22.9. The van der Waals surface area contributed by atoms with Crippen molar-refractivity contribution in [1.29, 1.82) is 0 Å². The van der Waals surface area contributed by atoms with E-state index in [9.17, 15) is 9.59 Å². The van der Waals surface area contributed by atoms with Crippen LogP contribution in [-0.4, -0.2) is 22.6 Å². The number of benzene rings is 1. The van der Waals surface area contributed by atoms with Crippen LogP contribution in [-0.2, 0) is 4.79 Å². The number of carbonyl (C=O) groups excluding carboxylic acids is 1. The summed E-state index contributed by atoms with van der Waals surface area (Å²) < 4.78 is 0. The summed E-state index contributed by atoms with van der Waals surface area (Å²) in [5.41, 5.74) is 1.46. The molecule has 0 heterocycles. The standard InChI is InChI=1S/C14H20N2O3/c1-5-14(4,12(17)18)16-13(19)15-11-7-9(2)6-10(3)8-11/h6-8H,5H2,1-4H3,(H,17,18)(H2,15,16,19). The number of aliphatic carboxylic acids is 1. The lowest BCUT2D eigenvalue weighted by atomic mass is 10.00. The fourth-order valence-electron chi connectivity index (χ4n) is 1.75. The minimum Gasteiger partial charge on any atom is -0.480 e. The summed E-state index contributed by atoms with van der Waals surface area (Å²) in [5, 5.41) is 14.2. The first kappa shape index (κ1) is 15.0. The van der Waals surface area contributed by atoms with Crippen molar-refractivity contribution in [2.24, 2.45) is 0 Å². The molecule has 0 aliphatic rings. The van der Waals surface area contributed by atoms with Crippen molar-refractivity contribution < 1.29 is 14.7 Å². The van der Waals surface area contributed by atoms with E-state index in [1.165, 1.54) is 6.92 Å². The van der Waals surface area contributed by atoms with Gasteiger partial charge in [-0.2, -0.15) is 0 Å². The third-order valence-corrected chi connectivity index (χ3v) is 3.05. The SMILES string of the molecule is CCC(C)(NC(=O)Nc1cc(C)cc(C)c1)C(=O)O. The van der Waals surface area contributed by atoms with Crippen LogP contribution in [0.4, 0.5) is 10.5 Å². The van der Waals surface area contributed by atoms with E-state index in [4.69, 9.17) is 5.11 Å². The highest BCUT2D eigenvalue weighted by molar-refractivity contribution is 5.93. The van der Waals surface area contributed by atoms with Crippen LogP contribution in [0.3, 0.4) is 0 Å². The van der Waals surface area contributed by atoms with Crippen molar-refractivity contribution in [3.05, 3.63) is 29.3 Å². The summed E-state index contributed by atoms with van der Waals surface area (Å²) in [6.07, 6.45) is 0.308. The highest BCUT2D eigenvalue weighted by atomic mass is 16.4. The minimum atomic E-state index is -1.26. The van der Waals surface area contributed by atoms with Crippen LogP contribution in [0.15, 0.2) is 18.2 Å². The second kappa shape index (κ2) is 5.73. The molecule has 3 N–H and O–H groups in total. The number of anilines is 1. The Morgan fingerprint density at radius 2 is 1.74 bits per heavy atom. The largest absolute Gasteiger partial charge is 0.480 e. The van der Waals surface area contributed by atoms with Crippen molar-refractivity contribution in [3.8, 4) is 0 Å². The predicted molar refractivity (Wildman–Crippen MR) is 74.4 cm³/mol. The molecule has 1 atom stereocenters. The molecule has 19 heavy (non-hydrogen) atoms. The Labute approximate surface area is 113 Å². The number of urea groups is 1. The molecule has 0 fully saturated rings. The van der Waals surface area contributed by atoms with Crippen LogP contribution in [0.2, 0.25) is 0 Å². The van der Waals surface area contributed by atoms with Gasteiger partial charge in [-0.05, 0) is 50.5 Å². The van der Waals surface area contributed by atoms with E-state index in [0.29, 0.717) is 12.1 Å². The van der Waals surface area contributed by atoms with Gasteiger partial charge in [0.15, 0.2) is 0 Å². The van der Waals surface area contributed by atoms with Gasteiger partial charge in [-0.1, -0.05) is 13.0 Å². The normalized spacial score (nSPS) is 13.5. The van der Waals surface area contributed by atoms with Crippen molar-refractivity contribution in [1.82, 2.24) is 5.32 Å². The molecule has 0 aromatic heterocycles. The lowest BCUT2D eigenvalue weighted by Crippen LogP contribution is -2.53. The first-order valence-electron chi connectivity index (χ1n) is 6.17. The highest BCUT2D eigenvalue weighted by Gasteiger charge is 2.32. The maximum Gasteiger partial charge on any atom is 0.329 e. The second-order valence-electron chi connectivity index (χ2n) is 4.95. The van der Waals surface area contributed by atoms with Gasteiger partial charge in [0.05, 0.1) is 0 Å². The molecule has 5 heteroatoms. The van der Waals surface area contributed by atoms with E-state index < -0.39 is 17.5 Å². The molecular weight excluding hydrogens is 244 g/mol. The molecule has 1 aromatic rings. The van der Waals surface area contributed by atoms with E-state index in [-0.39, 0.29) is 0 Å². The van der Waals surface area contributed by atoms with Crippen LogP contribution in [0.25, 0.3) is 0 Å². The molecule has 1 rings (SSSR count). The summed E-state index contributed by atoms with van der Waals surface area (Å²) >= 11 is 0. The number of carbonyl (C=O) groups is 2. The Balaban J connectivity index is 2.77. The maximum atomic E-state index is 11.8. The van der Waals surface area contributed by atoms with Crippen LogP contribution in [0.1, 0.15) is 31.4 Å². The van der Waals surface area contributed by atoms with E-state index in [1.807, 2.05) is 32.0 Å². The van der Waals surface area contributed by atoms with E-state index in [1.54, 1.807) is 6.92 Å². The molecule has 0 bridgehead atoms. The van der Waals surface area contributed by atoms with Gasteiger partial charge in [0.25, 0.3) is 0 Å². The Morgan fingerprint density at radius 3 is 2.16 bits per heavy atom. The number of nitrogens with one attached hydrogen (secondary N) is 2. The number of aryl methyl sites for hydroxylation is 2. The van der Waals surface area contributed by atoms with Crippen molar-refractivity contribution in [2.75, 3.05) is 5.32 Å². The number of hydrogen-bond acceptors (Lipinski definition) is 2. The fourth-order valence-corrected chi connectivity index (χ4v) is 1.75. The molecule has 5 nitrogen and oxygen atoms in total. The molecule has 0 aliphatic heterocycles. The Hall–Kier alpha value is -2.04. The van der Waals surface area contributed by atoms with Crippen molar-refractivity contribution >= 4 is 17.7 Å². The van der Waals surface area contributed by atoms with Crippen LogP contribution in [0.5, 0.6) is 0 Å². The number of rotatable bonds is 4. The summed E-state index contributed by atoms with van der Waals surface area (Å²) in [5.74, 6) is -1.05. The summed E-state index contributed by atoms with van der Waals surface area (Å²) in [7, 11) is 0. The van der Waals surface area contributed by atoms with Gasteiger partial charge in [-0.15, -0.1) is 0 Å². The predicted octanol–water partition coefficient (Wildman–Crippen LogP) is 2.68. The third-order valence-electron chi connectivity index (χ3n) is 3.05. The van der Waals surface area contributed by atoms with Gasteiger partial charge >= 0.3 is 12.0 Å². The van der Waals surface area contributed by atoms with Gasteiger partial charge in [0.1, 0.15) is 5.54 Å². The van der Waals surface area contributed by atoms with Gasteiger partial charge in [0.2, 0.25) is 0 Å². The van der Waals surface area contributed by atoms with Gasteiger partial charge in [0, 0.05) is 5.69 Å². The topological polar surface area (TPSA) is 78.4 Å². The first-order valence-corrected chi connectivity index (χ1v) is 6.17. The van der Waals surface area contributed by atoms with Gasteiger partial charge < -0.3 is 15.7 Å². The first-order chi connectivity index (χ1) is 8.76. The van der Waals surface area contributed by atoms with Gasteiger partial charge in [-0.3, -0.25) is 0 Å². The van der Waals surface area contributed by atoms with Crippen molar-refractivity contribution in [2.45, 2.75) is 39.7 Å². The monoisotopic (exact) mass is 264 g/mol.